The van der Waals surface area contributed by atoms with Gasteiger partial charge in [-0.2, -0.15) is 4.98 Å². The summed E-state index contributed by atoms with van der Waals surface area (Å²) < 4.78 is 0. The highest BCUT2D eigenvalue weighted by Gasteiger charge is 2.13. The van der Waals surface area contributed by atoms with E-state index < -0.39 is 0 Å². The maximum Gasteiger partial charge on any atom is 0.226 e. The van der Waals surface area contributed by atoms with Crippen LogP contribution in [0.1, 0.15) is 12.0 Å². The summed E-state index contributed by atoms with van der Waals surface area (Å²) in [6.45, 7) is 0. The molecule has 122 valence electrons. The monoisotopic (exact) mass is 313 g/mol. The molecule has 0 saturated carbocycles. The molecule has 0 saturated heterocycles. The van der Waals surface area contributed by atoms with Crippen molar-refractivity contribution in [2.24, 2.45) is 0 Å². The largest absolute Gasteiger partial charge is 0.361 e. The zero-order chi connectivity index (χ0) is 16.8. The van der Waals surface area contributed by atoms with Crippen LogP contribution in [-0.2, 0) is 11.2 Å². The summed E-state index contributed by atoms with van der Waals surface area (Å²) in [4.78, 5) is 24.6. The molecule has 0 aliphatic rings. The molecule has 2 aromatic rings. The molecule has 1 N–H and O–H groups in total. The van der Waals surface area contributed by atoms with Crippen molar-refractivity contribution in [3.8, 4) is 0 Å². The smallest absolute Gasteiger partial charge is 0.226 e. The number of nitrogens with one attached hydrogen (secondary N) is 1. The zero-order valence-corrected chi connectivity index (χ0v) is 14.1. The lowest BCUT2D eigenvalue weighted by atomic mass is 10.1. The van der Waals surface area contributed by atoms with Crippen molar-refractivity contribution in [1.29, 1.82) is 0 Å². The van der Waals surface area contributed by atoms with Gasteiger partial charge < -0.3 is 15.1 Å². The summed E-state index contributed by atoms with van der Waals surface area (Å²) in [7, 11) is 7.54. The molecular weight excluding hydrogens is 290 g/mol. The Morgan fingerprint density at radius 3 is 2.39 bits per heavy atom. The molecule has 23 heavy (non-hydrogen) atoms. The van der Waals surface area contributed by atoms with E-state index in [9.17, 15) is 4.79 Å². The molecule has 6 nitrogen and oxygen atoms in total. The predicted octanol–water partition coefficient (Wildman–Crippen LogP) is 2.18. The molecule has 1 aromatic carbocycles. The highest BCUT2D eigenvalue weighted by atomic mass is 16.1. The second-order valence-electron chi connectivity index (χ2n) is 5.73. The molecule has 1 aromatic heterocycles. The Morgan fingerprint density at radius 2 is 1.78 bits per heavy atom. The van der Waals surface area contributed by atoms with Crippen LogP contribution in [0.15, 0.2) is 36.5 Å². The van der Waals surface area contributed by atoms with Gasteiger partial charge in [-0.1, -0.05) is 30.3 Å². The Labute approximate surface area is 137 Å². The van der Waals surface area contributed by atoms with E-state index in [4.69, 9.17) is 0 Å². The maximum absolute atomic E-state index is 12.2. The third-order valence-electron chi connectivity index (χ3n) is 3.34. The van der Waals surface area contributed by atoms with Crippen LogP contribution in [-0.4, -0.2) is 44.1 Å². The van der Waals surface area contributed by atoms with Gasteiger partial charge in [0.15, 0.2) is 5.82 Å². The molecule has 1 heterocycles. The molecule has 0 spiro atoms. The van der Waals surface area contributed by atoms with Gasteiger partial charge in [0.05, 0.1) is 6.20 Å². The Balaban J connectivity index is 2.05. The minimum absolute atomic E-state index is 0.0434. The molecule has 0 unspecified atom stereocenters. The normalized spacial score (nSPS) is 10.3. The molecule has 0 atom stereocenters. The Morgan fingerprint density at radius 1 is 1.09 bits per heavy atom. The number of aryl methyl sites for hydroxylation is 1. The highest BCUT2D eigenvalue weighted by molar-refractivity contribution is 5.93. The minimum Gasteiger partial charge on any atom is -0.361 e. The van der Waals surface area contributed by atoms with E-state index in [1.807, 2.05) is 68.3 Å². The first kappa shape index (κ1) is 16.7. The first-order valence-electron chi connectivity index (χ1n) is 7.53. The van der Waals surface area contributed by atoms with E-state index in [1.165, 1.54) is 0 Å². The van der Waals surface area contributed by atoms with Gasteiger partial charge in [-0.25, -0.2) is 4.98 Å². The van der Waals surface area contributed by atoms with Crippen LogP contribution >= 0.6 is 0 Å². The molecule has 2 rings (SSSR count). The number of aromatic nitrogens is 2. The predicted molar refractivity (Wildman–Crippen MR) is 94.1 cm³/mol. The quantitative estimate of drug-likeness (QED) is 0.886. The molecule has 1 amide bonds. The summed E-state index contributed by atoms with van der Waals surface area (Å²) in [5.41, 5.74) is 1.77. The van der Waals surface area contributed by atoms with Crippen molar-refractivity contribution in [3.05, 3.63) is 42.1 Å². The first-order valence-corrected chi connectivity index (χ1v) is 7.53. The van der Waals surface area contributed by atoms with Crippen LogP contribution in [0.3, 0.4) is 0 Å². The average molecular weight is 313 g/mol. The number of hydrogen-bond donors (Lipinski definition) is 1. The van der Waals surface area contributed by atoms with E-state index in [0.29, 0.717) is 30.3 Å². The van der Waals surface area contributed by atoms with Crippen molar-refractivity contribution in [2.75, 3.05) is 43.3 Å². The second-order valence-corrected chi connectivity index (χ2v) is 5.73. The lowest BCUT2D eigenvalue weighted by Gasteiger charge is -2.19. The lowest BCUT2D eigenvalue weighted by molar-refractivity contribution is -0.116. The molecule has 6 heteroatoms. The molecular formula is C17H23N5O. The maximum atomic E-state index is 12.2. The van der Waals surface area contributed by atoms with Crippen LogP contribution < -0.4 is 15.1 Å². The van der Waals surface area contributed by atoms with E-state index in [2.05, 4.69) is 15.3 Å². The van der Waals surface area contributed by atoms with Gasteiger partial charge >= 0.3 is 0 Å². The van der Waals surface area contributed by atoms with Crippen molar-refractivity contribution in [3.63, 3.8) is 0 Å². The fraction of sp³-hybridized carbons (Fsp3) is 0.353. The fourth-order valence-electron chi connectivity index (χ4n) is 2.12. The van der Waals surface area contributed by atoms with Crippen LogP contribution in [0, 0.1) is 0 Å². The van der Waals surface area contributed by atoms with Crippen molar-refractivity contribution < 1.29 is 4.79 Å². The number of nitrogens with zero attached hydrogens (tertiary/aromatic N) is 4. The number of benzene rings is 1. The third kappa shape index (κ3) is 4.67. The van der Waals surface area contributed by atoms with Crippen molar-refractivity contribution in [2.45, 2.75) is 12.8 Å². The number of carbonyl (C=O) groups excluding carboxylic acids is 1. The van der Waals surface area contributed by atoms with Gasteiger partial charge in [0.1, 0.15) is 5.69 Å². The number of anilines is 3. The highest BCUT2D eigenvalue weighted by Crippen LogP contribution is 2.23. The Kier molecular flexibility index (Phi) is 5.51. The van der Waals surface area contributed by atoms with Crippen LogP contribution in [0.25, 0.3) is 0 Å². The Hall–Kier alpha value is -2.63. The average Bonchev–Trinajstić information content (AvgIpc) is 2.54. The molecule has 0 fully saturated rings. The molecule has 0 aliphatic carbocycles. The summed E-state index contributed by atoms with van der Waals surface area (Å²) in [5.74, 6) is 1.26. The van der Waals surface area contributed by atoms with Gasteiger partial charge in [-0.05, 0) is 12.0 Å². The fourth-order valence-corrected chi connectivity index (χ4v) is 2.12. The summed E-state index contributed by atoms with van der Waals surface area (Å²) in [6.07, 6.45) is 2.78. The topological polar surface area (TPSA) is 61.4 Å². The molecule has 0 bridgehead atoms. The van der Waals surface area contributed by atoms with Gasteiger partial charge in [0.2, 0.25) is 11.9 Å². The van der Waals surface area contributed by atoms with Crippen LogP contribution in [0.4, 0.5) is 17.5 Å². The van der Waals surface area contributed by atoms with Crippen molar-refractivity contribution in [1.82, 2.24) is 9.97 Å². The SMILES string of the molecule is CN(C)c1ncc(NC(=O)CCc2ccccc2)c(N(C)C)n1. The number of amides is 1. The Bertz CT molecular complexity index is 655. The van der Waals surface area contributed by atoms with Gasteiger partial charge in [-0.3, -0.25) is 4.79 Å². The zero-order valence-electron chi connectivity index (χ0n) is 14.1. The third-order valence-corrected chi connectivity index (χ3v) is 3.34. The van der Waals surface area contributed by atoms with Crippen LogP contribution in [0.2, 0.25) is 0 Å². The van der Waals surface area contributed by atoms with Gasteiger partial charge in [-0.15, -0.1) is 0 Å². The molecule has 0 radical (unpaired) electrons. The van der Waals surface area contributed by atoms with E-state index in [1.54, 1.807) is 6.20 Å². The van der Waals surface area contributed by atoms with E-state index in [0.717, 1.165) is 5.56 Å². The molecule has 0 aliphatic heterocycles. The van der Waals surface area contributed by atoms with E-state index in [-0.39, 0.29) is 5.91 Å². The number of hydrogen-bond acceptors (Lipinski definition) is 5. The minimum atomic E-state index is -0.0434. The van der Waals surface area contributed by atoms with Gasteiger partial charge in [0.25, 0.3) is 0 Å². The van der Waals surface area contributed by atoms with Gasteiger partial charge in [0, 0.05) is 34.6 Å². The van der Waals surface area contributed by atoms with E-state index >= 15 is 0 Å². The number of carbonyl (C=O) groups is 1. The first-order chi connectivity index (χ1) is 11.0. The summed E-state index contributed by atoms with van der Waals surface area (Å²) >= 11 is 0. The summed E-state index contributed by atoms with van der Waals surface area (Å²) in [5, 5.41) is 2.90. The number of rotatable bonds is 6. The second kappa shape index (κ2) is 7.58. The standard InChI is InChI=1S/C17H23N5O/c1-21(2)16-14(12-18-17(20-16)22(3)4)19-15(23)11-10-13-8-6-5-7-9-13/h5-9,12H,10-11H2,1-4H3,(H,19,23). The summed E-state index contributed by atoms with van der Waals surface area (Å²) in [6, 6.07) is 9.97. The van der Waals surface area contributed by atoms with Crippen LogP contribution in [0.5, 0.6) is 0 Å². The lowest BCUT2D eigenvalue weighted by Crippen LogP contribution is -2.21. The van der Waals surface area contributed by atoms with Crippen molar-refractivity contribution >= 4 is 23.4 Å².